The molecule has 4 aromatic rings. The smallest absolute Gasteiger partial charge is 0.255 e. The van der Waals surface area contributed by atoms with Crippen molar-refractivity contribution < 1.29 is 14.4 Å². The molecule has 3 aromatic carbocycles. The van der Waals surface area contributed by atoms with E-state index < -0.39 is 6.04 Å². The first-order chi connectivity index (χ1) is 26.8. The Morgan fingerprint density at radius 3 is 2.27 bits per heavy atom. The standard InChI is InChI=1S/C43H47ClN8O3/c44-37-10-9-35(41-40(37)31(23-45)24-46-41)29-2-1-15-51(26-29)33-5-3-32(4-6-33)49-16-13-28(14-17-49)25-48-18-20-50(21-19-48)34-7-8-36-30(22-34)27-52(43(36)55)38-11-12-39(53)47-42(38)54/h3-10,22,24,28-29,38,46H,1-2,11-21,25-27H2,(H,47,53,54). The number of aromatic amines is 1. The molecule has 4 saturated heterocycles. The number of hydrogen-bond donors (Lipinski definition) is 2. The van der Waals surface area contributed by atoms with E-state index in [9.17, 15) is 19.6 Å². The highest BCUT2D eigenvalue weighted by Crippen LogP contribution is 2.38. The van der Waals surface area contributed by atoms with E-state index in [4.69, 9.17) is 11.6 Å². The van der Waals surface area contributed by atoms with E-state index in [0.717, 1.165) is 93.9 Å². The van der Waals surface area contributed by atoms with Crippen molar-refractivity contribution in [3.63, 3.8) is 0 Å². The molecular weight excluding hydrogens is 712 g/mol. The molecule has 5 aliphatic rings. The van der Waals surface area contributed by atoms with Gasteiger partial charge in [0.1, 0.15) is 12.1 Å². The third kappa shape index (κ3) is 6.91. The first kappa shape index (κ1) is 35.6. The maximum Gasteiger partial charge on any atom is 0.255 e. The van der Waals surface area contributed by atoms with Crippen molar-refractivity contribution in [3.05, 3.63) is 88.1 Å². The number of imide groups is 1. The zero-order valence-electron chi connectivity index (χ0n) is 31.1. The maximum absolute atomic E-state index is 13.1. The number of anilines is 3. The number of hydrogen-bond acceptors (Lipinski definition) is 8. The summed E-state index contributed by atoms with van der Waals surface area (Å²) in [4.78, 5) is 52.2. The summed E-state index contributed by atoms with van der Waals surface area (Å²) in [6.45, 7) is 9.62. The van der Waals surface area contributed by atoms with Crippen molar-refractivity contribution in [2.45, 2.75) is 57.0 Å². The number of rotatable bonds is 7. The van der Waals surface area contributed by atoms with Crippen molar-refractivity contribution in [1.82, 2.24) is 20.1 Å². The van der Waals surface area contributed by atoms with Crippen LogP contribution in [0.4, 0.5) is 17.1 Å². The molecule has 9 rings (SSSR count). The van der Waals surface area contributed by atoms with Gasteiger partial charge in [0.25, 0.3) is 5.91 Å². The number of benzene rings is 3. The summed E-state index contributed by atoms with van der Waals surface area (Å²) in [7, 11) is 0. The van der Waals surface area contributed by atoms with Gasteiger partial charge in [-0.2, -0.15) is 5.26 Å². The second-order valence-corrected chi connectivity index (χ2v) is 16.4. The number of piperazine rings is 1. The van der Waals surface area contributed by atoms with Crippen molar-refractivity contribution in [1.29, 1.82) is 5.26 Å². The Hall–Kier alpha value is -5.05. The summed E-state index contributed by atoms with van der Waals surface area (Å²) < 4.78 is 0. The number of fused-ring (bicyclic) bond motifs is 2. The lowest BCUT2D eigenvalue weighted by Gasteiger charge is -2.40. The summed E-state index contributed by atoms with van der Waals surface area (Å²) in [5.41, 5.74) is 8.15. The number of halogens is 1. The van der Waals surface area contributed by atoms with E-state index in [2.05, 4.69) is 72.4 Å². The fourth-order valence-electron chi connectivity index (χ4n) is 9.68. The summed E-state index contributed by atoms with van der Waals surface area (Å²) in [6, 6.07) is 21.0. The van der Waals surface area contributed by atoms with Crippen molar-refractivity contribution in [2.75, 3.05) is 73.6 Å². The molecule has 0 aliphatic carbocycles. The van der Waals surface area contributed by atoms with Gasteiger partial charge in [-0.15, -0.1) is 0 Å². The molecule has 6 heterocycles. The average molecular weight is 759 g/mol. The van der Waals surface area contributed by atoms with Crippen LogP contribution in [-0.4, -0.2) is 97.4 Å². The molecule has 4 fully saturated rings. The molecule has 0 saturated carbocycles. The Bertz CT molecular complexity index is 2160. The Morgan fingerprint density at radius 2 is 1.53 bits per heavy atom. The Morgan fingerprint density at radius 1 is 0.800 bits per heavy atom. The molecule has 2 N–H and O–H groups in total. The van der Waals surface area contributed by atoms with Crippen molar-refractivity contribution >= 4 is 57.3 Å². The van der Waals surface area contributed by atoms with Crippen molar-refractivity contribution in [2.24, 2.45) is 5.92 Å². The highest BCUT2D eigenvalue weighted by molar-refractivity contribution is 6.36. The number of aromatic nitrogens is 1. The first-order valence-corrected chi connectivity index (χ1v) is 20.2. The molecule has 0 bridgehead atoms. The second-order valence-electron chi connectivity index (χ2n) is 16.0. The van der Waals surface area contributed by atoms with Crippen LogP contribution in [-0.2, 0) is 16.1 Å². The van der Waals surface area contributed by atoms with Gasteiger partial charge in [-0.25, -0.2) is 0 Å². The van der Waals surface area contributed by atoms with Gasteiger partial charge in [0, 0.05) is 112 Å². The molecule has 12 heteroatoms. The Kier molecular flexibility index (Phi) is 9.65. The highest BCUT2D eigenvalue weighted by Gasteiger charge is 2.39. The Balaban J connectivity index is 0.745. The summed E-state index contributed by atoms with van der Waals surface area (Å²) >= 11 is 6.50. The molecule has 284 valence electrons. The zero-order chi connectivity index (χ0) is 37.6. The van der Waals surface area contributed by atoms with Crippen LogP contribution < -0.4 is 20.0 Å². The normalized spacial score (nSPS) is 22.7. The van der Waals surface area contributed by atoms with Crippen LogP contribution in [0, 0.1) is 17.2 Å². The van der Waals surface area contributed by atoms with Gasteiger partial charge in [0.05, 0.1) is 16.1 Å². The fourth-order valence-corrected chi connectivity index (χ4v) is 9.94. The van der Waals surface area contributed by atoms with Crippen LogP contribution in [0.15, 0.2) is 60.8 Å². The van der Waals surface area contributed by atoms with Gasteiger partial charge in [-0.1, -0.05) is 17.7 Å². The van der Waals surface area contributed by atoms with Gasteiger partial charge < -0.3 is 24.6 Å². The van der Waals surface area contributed by atoms with Gasteiger partial charge in [0.15, 0.2) is 0 Å². The predicted octanol–water partition coefficient (Wildman–Crippen LogP) is 5.88. The number of piperidine rings is 3. The first-order valence-electron chi connectivity index (χ1n) is 19.9. The van der Waals surface area contributed by atoms with E-state index in [1.165, 1.54) is 29.8 Å². The molecule has 0 radical (unpaired) electrons. The second kappa shape index (κ2) is 14.9. The Labute approximate surface area is 326 Å². The predicted molar refractivity (Wildman–Crippen MR) is 215 cm³/mol. The third-order valence-electron chi connectivity index (χ3n) is 12.8. The molecule has 3 amide bonds. The van der Waals surface area contributed by atoms with E-state index >= 15 is 0 Å². The SMILES string of the molecule is N#Cc1c[nH]c2c(C3CCCN(c4ccc(N5CCC(CN6CCN(c7ccc8c(c7)CN(C7CCC(=O)NC7=O)C8=O)CC6)CC5)cc4)C3)ccc(Cl)c12. The van der Waals surface area contributed by atoms with Crippen LogP contribution in [0.25, 0.3) is 10.9 Å². The monoisotopic (exact) mass is 758 g/mol. The molecule has 2 atom stereocenters. The number of amides is 3. The van der Waals surface area contributed by atoms with Gasteiger partial charge in [-0.3, -0.25) is 24.6 Å². The van der Waals surface area contributed by atoms with Crippen LogP contribution in [0.1, 0.15) is 71.5 Å². The molecule has 1 aromatic heterocycles. The zero-order valence-corrected chi connectivity index (χ0v) is 31.9. The molecular formula is C43H47ClN8O3. The number of nitriles is 1. The maximum atomic E-state index is 13.1. The lowest BCUT2D eigenvalue weighted by molar-refractivity contribution is -0.136. The van der Waals surface area contributed by atoms with Gasteiger partial charge in [-0.05, 0) is 97.7 Å². The average Bonchev–Trinajstić information content (AvgIpc) is 3.80. The number of carbonyl (C=O) groups excluding carboxylic acids is 3. The highest BCUT2D eigenvalue weighted by atomic mass is 35.5. The van der Waals surface area contributed by atoms with Gasteiger partial charge in [0.2, 0.25) is 11.8 Å². The molecule has 0 spiro atoms. The topological polar surface area (TPSA) is 119 Å². The minimum Gasteiger partial charge on any atom is -0.372 e. The number of carbonyl (C=O) groups is 3. The molecule has 55 heavy (non-hydrogen) atoms. The lowest BCUT2D eigenvalue weighted by Crippen LogP contribution is -2.52. The molecule has 2 unspecified atom stereocenters. The van der Waals surface area contributed by atoms with Crippen LogP contribution in [0.2, 0.25) is 5.02 Å². The van der Waals surface area contributed by atoms with Crippen molar-refractivity contribution in [3.8, 4) is 6.07 Å². The number of nitrogens with zero attached hydrogens (tertiary/aromatic N) is 6. The quantitative estimate of drug-likeness (QED) is 0.225. The van der Waals surface area contributed by atoms with E-state index in [1.807, 2.05) is 18.2 Å². The minimum absolute atomic E-state index is 0.123. The van der Waals surface area contributed by atoms with Crippen LogP contribution >= 0.6 is 11.6 Å². The van der Waals surface area contributed by atoms with Crippen LogP contribution in [0.3, 0.4) is 0 Å². The van der Waals surface area contributed by atoms with Gasteiger partial charge >= 0.3 is 0 Å². The number of H-pyrrole nitrogens is 1. The van der Waals surface area contributed by atoms with Crippen LogP contribution in [0.5, 0.6) is 0 Å². The van der Waals surface area contributed by atoms with E-state index in [1.54, 1.807) is 11.1 Å². The minimum atomic E-state index is -0.587. The molecule has 5 aliphatic heterocycles. The molecule has 11 nitrogen and oxygen atoms in total. The van der Waals surface area contributed by atoms with E-state index in [0.29, 0.717) is 41.0 Å². The third-order valence-corrected chi connectivity index (χ3v) is 13.1. The lowest BCUT2D eigenvalue weighted by atomic mass is 9.89. The summed E-state index contributed by atoms with van der Waals surface area (Å²) in [5.74, 6) is 0.298. The number of nitrogens with one attached hydrogen (secondary N) is 2. The fraction of sp³-hybridized carbons (Fsp3) is 0.442. The van der Waals surface area contributed by atoms with E-state index in [-0.39, 0.29) is 24.1 Å². The largest absolute Gasteiger partial charge is 0.372 e. The summed E-state index contributed by atoms with van der Waals surface area (Å²) in [5, 5.41) is 13.4. The summed E-state index contributed by atoms with van der Waals surface area (Å²) in [6.07, 6.45) is 7.04.